The number of ether oxygens (including phenoxy) is 3. The Morgan fingerprint density at radius 2 is 1.83 bits per heavy atom. The van der Waals surface area contributed by atoms with Crippen molar-refractivity contribution in [2.24, 2.45) is 0 Å². The van der Waals surface area contributed by atoms with E-state index in [4.69, 9.17) is 9.47 Å². The minimum absolute atomic E-state index is 0.0808. The first-order chi connectivity index (χ1) is 16.8. The van der Waals surface area contributed by atoms with E-state index in [0.717, 1.165) is 21.3 Å². The predicted octanol–water partition coefficient (Wildman–Crippen LogP) is 3.40. The molecule has 1 unspecified atom stereocenters. The molecule has 1 aromatic carbocycles. The number of hydroxylamine groups is 1. The normalized spacial score (nSPS) is 11.6. The summed E-state index contributed by atoms with van der Waals surface area (Å²) >= 11 is 1.13. The molecule has 11 nitrogen and oxygen atoms in total. The van der Waals surface area contributed by atoms with E-state index in [1.165, 1.54) is 44.6 Å². The lowest BCUT2D eigenvalue weighted by Gasteiger charge is -2.14. The molecule has 0 radical (unpaired) electrons. The molecular weight excluding hydrogens is 476 g/mol. The van der Waals surface area contributed by atoms with E-state index in [1.54, 1.807) is 31.2 Å². The number of nitrogens with one attached hydrogen (secondary N) is 1. The van der Waals surface area contributed by atoms with Crippen LogP contribution in [0.5, 0.6) is 17.5 Å². The number of hydrogen-bond donors (Lipinski definition) is 3. The molecular formula is C23H24N4O7S. The van der Waals surface area contributed by atoms with Crippen molar-refractivity contribution in [3.05, 3.63) is 65.9 Å². The number of carbonyl (C=O) groups is 2. The van der Waals surface area contributed by atoms with Crippen LogP contribution in [0.15, 0.2) is 59.6 Å². The molecule has 0 aliphatic carbocycles. The van der Waals surface area contributed by atoms with Crippen LogP contribution in [-0.2, 0) is 4.74 Å². The van der Waals surface area contributed by atoms with Crippen LogP contribution in [0.2, 0.25) is 0 Å². The number of amides is 1. The van der Waals surface area contributed by atoms with Crippen LogP contribution in [-0.4, -0.2) is 63.5 Å². The van der Waals surface area contributed by atoms with Crippen LogP contribution >= 0.6 is 11.9 Å². The predicted molar refractivity (Wildman–Crippen MR) is 127 cm³/mol. The lowest BCUT2D eigenvalue weighted by molar-refractivity contribution is 0.0453. The topological polar surface area (TPSA) is 143 Å². The molecule has 3 rings (SSSR count). The lowest BCUT2D eigenvalue weighted by atomic mass is 10.2. The molecule has 35 heavy (non-hydrogen) atoms. The Morgan fingerprint density at radius 3 is 2.43 bits per heavy atom. The fourth-order valence-electron chi connectivity index (χ4n) is 2.70. The van der Waals surface area contributed by atoms with Crippen LogP contribution in [0.25, 0.3) is 0 Å². The number of pyridine rings is 2. The van der Waals surface area contributed by atoms with E-state index < -0.39 is 18.0 Å². The summed E-state index contributed by atoms with van der Waals surface area (Å²) in [5, 5.41) is 21.3. The Hall–Kier alpha value is -3.71. The highest BCUT2D eigenvalue weighted by atomic mass is 32.2. The Labute approximate surface area is 205 Å². The van der Waals surface area contributed by atoms with Gasteiger partial charge in [0.2, 0.25) is 11.8 Å². The smallest absolute Gasteiger partial charge is 0.339 e. The van der Waals surface area contributed by atoms with E-state index >= 15 is 0 Å². The fraction of sp³-hybridized carbons (Fsp3) is 0.217. The van der Waals surface area contributed by atoms with Gasteiger partial charge in [-0.15, -0.1) is 4.47 Å². The van der Waals surface area contributed by atoms with Crippen LogP contribution in [0, 0.1) is 0 Å². The maximum absolute atomic E-state index is 12.9. The van der Waals surface area contributed by atoms with Crippen LogP contribution in [0.3, 0.4) is 0 Å². The van der Waals surface area contributed by atoms with Crippen molar-refractivity contribution in [2.45, 2.75) is 17.9 Å². The third-order valence-electron chi connectivity index (χ3n) is 4.33. The molecule has 1 amide bonds. The number of methoxy groups -OCH3 is 1. The number of aliphatic hydroxyl groups is 1. The first-order valence-corrected chi connectivity index (χ1v) is 11.1. The van der Waals surface area contributed by atoms with E-state index in [0.29, 0.717) is 5.75 Å². The Morgan fingerprint density at radius 1 is 1.11 bits per heavy atom. The highest BCUT2D eigenvalue weighted by molar-refractivity contribution is 7.96. The highest BCUT2D eigenvalue weighted by Gasteiger charge is 2.15. The molecule has 0 aliphatic rings. The van der Waals surface area contributed by atoms with Gasteiger partial charge >= 0.3 is 5.97 Å². The van der Waals surface area contributed by atoms with Crippen molar-refractivity contribution in [1.29, 1.82) is 0 Å². The van der Waals surface area contributed by atoms with E-state index in [9.17, 15) is 19.9 Å². The number of aromatic nitrogens is 2. The number of hydrogen-bond acceptors (Lipinski definition) is 11. The number of carbonyl (C=O) groups excluding carboxylic acids is 2. The van der Waals surface area contributed by atoms with E-state index in [1.807, 2.05) is 0 Å². The van der Waals surface area contributed by atoms with Gasteiger partial charge in [0.25, 0.3) is 5.91 Å². The zero-order valence-electron chi connectivity index (χ0n) is 19.2. The summed E-state index contributed by atoms with van der Waals surface area (Å²) in [6.07, 6.45) is 0.726. The van der Waals surface area contributed by atoms with Gasteiger partial charge < -0.3 is 29.8 Å². The third kappa shape index (κ3) is 7.65. The molecule has 0 bridgehead atoms. The zero-order chi connectivity index (χ0) is 25.4. The first kappa shape index (κ1) is 25.9. The van der Waals surface area contributed by atoms with Gasteiger partial charge in [0.15, 0.2) is 0 Å². The molecule has 0 saturated carbocycles. The summed E-state index contributed by atoms with van der Waals surface area (Å²) in [7, 11) is 2.77. The second-order valence-electron chi connectivity index (χ2n) is 7.15. The maximum Gasteiger partial charge on any atom is 0.339 e. The van der Waals surface area contributed by atoms with Gasteiger partial charge in [0.1, 0.15) is 17.7 Å². The molecule has 184 valence electrons. The van der Waals surface area contributed by atoms with Crippen LogP contribution in [0.4, 0.5) is 5.82 Å². The Bertz CT molecular complexity index is 1160. The summed E-state index contributed by atoms with van der Waals surface area (Å²) in [6, 6.07) is 12.7. The molecule has 2 aromatic heterocycles. The molecule has 1 atom stereocenters. The number of rotatable bonds is 10. The number of nitrogens with zero attached hydrogens (tertiary/aromatic N) is 3. The van der Waals surface area contributed by atoms with Crippen molar-refractivity contribution >= 4 is 29.6 Å². The van der Waals surface area contributed by atoms with E-state index in [-0.39, 0.29) is 35.3 Å². The van der Waals surface area contributed by atoms with Crippen molar-refractivity contribution in [1.82, 2.24) is 14.4 Å². The highest BCUT2D eigenvalue weighted by Crippen LogP contribution is 2.27. The second-order valence-corrected chi connectivity index (χ2v) is 8.33. The van der Waals surface area contributed by atoms with Gasteiger partial charge in [-0.25, -0.2) is 9.78 Å². The number of benzene rings is 1. The van der Waals surface area contributed by atoms with Gasteiger partial charge in [-0.2, -0.15) is 4.98 Å². The number of esters is 1. The van der Waals surface area contributed by atoms with Gasteiger partial charge in [-0.1, -0.05) is 0 Å². The summed E-state index contributed by atoms with van der Waals surface area (Å²) in [5.41, 5.74) is 0.414. The van der Waals surface area contributed by atoms with Gasteiger partial charge in [0, 0.05) is 30.3 Å². The minimum atomic E-state index is -0.562. The molecule has 0 spiro atoms. The molecule has 3 N–H and O–H groups in total. The van der Waals surface area contributed by atoms with E-state index in [2.05, 4.69) is 20.0 Å². The number of anilines is 1. The molecule has 3 aromatic rings. The fourth-order valence-corrected chi connectivity index (χ4v) is 3.27. The molecule has 2 heterocycles. The summed E-state index contributed by atoms with van der Waals surface area (Å²) < 4.78 is 17.0. The van der Waals surface area contributed by atoms with Crippen LogP contribution in [0.1, 0.15) is 27.6 Å². The monoisotopic (exact) mass is 500 g/mol. The quantitative estimate of drug-likeness (QED) is 0.214. The largest absolute Gasteiger partial charge is 0.472 e. The Kier molecular flexibility index (Phi) is 8.98. The van der Waals surface area contributed by atoms with Gasteiger partial charge in [-0.05, 0) is 55.3 Å². The van der Waals surface area contributed by atoms with Crippen LogP contribution < -0.4 is 14.8 Å². The van der Waals surface area contributed by atoms with Gasteiger partial charge in [-0.3, -0.25) is 4.79 Å². The second kappa shape index (κ2) is 12.1. The summed E-state index contributed by atoms with van der Waals surface area (Å²) in [5.74, 6) is -0.226. The van der Waals surface area contributed by atoms with Crippen molar-refractivity contribution in [3.63, 3.8) is 0 Å². The summed E-state index contributed by atoms with van der Waals surface area (Å²) in [4.78, 5) is 33.5. The Balaban J connectivity index is 1.81. The third-order valence-corrected chi connectivity index (χ3v) is 5.08. The van der Waals surface area contributed by atoms with Crippen molar-refractivity contribution in [3.8, 4) is 17.5 Å². The lowest BCUT2D eigenvalue weighted by Crippen LogP contribution is -2.18. The van der Waals surface area contributed by atoms with Gasteiger partial charge in [0.05, 0.1) is 24.8 Å². The zero-order valence-corrected chi connectivity index (χ0v) is 20.0. The average Bonchev–Trinajstić information content (AvgIpc) is 2.84. The molecule has 0 saturated heterocycles. The molecule has 12 heteroatoms. The SMILES string of the molecule is COC(=O)c1ccc(NC(=O)c2cc(Oc3ccc(SN(C)O)cc3)nc(OC(C)CO)c2)nc1. The average molecular weight is 501 g/mol. The summed E-state index contributed by atoms with van der Waals surface area (Å²) in [6.45, 7) is 1.40. The number of aliphatic hydroxyl groups excluding tert-OH is 1. The minimum Gasteiger partial charge on any atom is -0.472 e. The molecule has 0 aliphatic heterocycles. The standard InChI is InChI=1S/C23H24N4O7S/c1-14(13-28)33-20-10-16(22(29)25-19-9-4-15(12-24-19)23(30)32-3)11-21(26-20)34-17-5-7-18(8-6-17)35-27(2)31/h4-12,14,28,31H,13H2,1-3H3,(H,24,25,29). The first-order valence-electron chi connectivity index (χ1n) is 10.3. The molecule has 0 fully saturated rings. The van der Waals surface area contributed by atoms with Crippen molar-refractivity contribution < 1.29 is 34.1 Å². The van der Waals surface area contributed by atoms with Crippen molar-refractivity contribution in [2.75, 3.05) is 26.1 Å². The maximum atomic E-state index is 12.9.